The monoisotopic (exact) mass is 465 g/mol. The first kappa shape index (κ1) is 23.4. The number of carbonyl (C=O) groups is 3. The maximum atomic E-state index is 13.1. The Morgan fingerprint density at radius 3 is 2.47 bits per heavy atom. The van der Waals surface area contributed by atoms with Crippen molar-refractivity contribution < 1.29 is 23.5 Å². The van der Waals surface area contributed by atoms with Crippen molar-refractivity contribution in [1.29, 1.82) is 0 Å². The molecule has 1 saturated heterocycles. The van der Waals surface area contributed by atoms with Gasteiger partial charge >= 0.3 is 11.7 Å². The van der Waals surface area contributed by atoms with E-state index in [0.29, 0.717) is 48.3 Å². The zero-order chi connectivity index (χ0) is 24.3. The van der Waals surface area contributed by atoms with Crippen molar-refractivity contribution in [2.75, 3.05) is 31.6 Å². The third-order valence-corrected chi connectivity index (χ3v) is 6.35. The molecule has 9 nitrogen and oxygen atoms in total. The number of hydrogen-bond donors (Lipinski definition) is 1. The molecule has 3 aromatic rings. The third kappa shape index (κ3) is 4.38. The molecule has 34 heavy (non-hydrogen) atoms. The molecular formula is C25H27N3O6. The first-order chi connectivity index (χ1) is 16.4. The quantitative estimate of drug-likeness (QED) is 0.422. The number of piperidine rings is 1. The molecule has 2 heterocycles. The maximum Gasteiger partial charge on any atom is 0.417 e. The number of para-hydroxylation sites is 1. The molecule has 0 atom stereocenters. The number of Topliss-reactive ketones (excluding diaryl/α,β-unsaturated/α-hetero) is 1. The molecule has 0 saturated carbocycles. The number of fused-ring (bicyclic) bond motifs is 1. The number of esters is 1. The molecular weight excluding hydrogens is 438 g/mol. The van der Waals surface area contributed by atoms with E-state index in [0.717, 1.165) is 0 Å². The molecule has 178 valence electrons. The Labute approximate surface area is 196 Å². The van der Waals surface area contributed by atoms with Crippen molar-refractivity contribution >= 4 is 34.4 Å². The molecule has 1 aliphatic heterocycles. The first-order valence-corrected chi connectivity index (χ1v) is 11.2. The molecule has 1 N–H and O–H groups in total. The van der Waals surface area contributed by atoms with Crippen LogP contribution in [-0.2, 0) is 14.3 Å². The number of methoxy groups -OCH3 is 1. The number of nitrogens with zero attached hydrogens (tertiary/aromatic N) is 2. The summed E-state index contributed by atoms with van der Waals surface area (Å²) in [6.07, 6.45) is 0.909. The highest BCUT2D eigenvalue weighted by molar-refractivity contribution is 6.02. The van der Waals surface area contributed by atoms with E-state index < -0.39 is 17.3 Å². The van der Waals surface area contributed by atoms with Crippen LogP contribution in [0.25, 0.3) is 11.1 Å². The molecule has 1 aliphatic rings. The number of ketones is 1. The van der Waals surface area contributed by atoms with Crippen LogP contribution in [0.4, 0.5) is 5.69 Å². The lowest BCUT2D eigenvalue weighted by atomic mass is 9.84. The van der Waals surface area contributed by atoms with E-state index in [-0.39, 0.29) is 24.7 Å². The zero-order valence-electron chi connectivity index (χ0n) is 19.2. The molecule has 1 aromatic heterocycles. The number of oxazole rings is 1. The number of anilines is 1. The summed E-state index contributed by atoms with van der Waals surface area (Å²) in [6.45, 7) is 2.77. The van der Waals surface area contributed by atoms with Crippen LogP contribution >= 0.6 is 0 Å². The molecule has 0 spiro atoms. The van der Waals surface area contributed by atoms with Crippen LogP contribution in [0.2, 0.25) is 0 Å². The molecule has 1 amide bonds. The second-order valence-electron chi connectivity index (χ2n) is 8.37. The highest BCUT2D eigenvalue weighted by Gasteiger charge is 2.49. The standard InChI is InChI=1S/C25H27N3O6/c1-3-22(30)28(18-7-5-4-6-8-18)25(23(31)33-2)11-13-27(14-12-25)16-20(29)17-9-10-19-21(15-17)34-24(32)26-19/h4-10,15H,3,11-14,16H2,1-2H3,(H,26,32). The summed E-state index contributed by atoms with van der Waals surface area (Å²) in [5, 5.41) is 0. The van der Waals surface area contributed by atoms with Crippen molar-refractivity contribution in [3.63, 3.8) is 0 Å². The van der Waals surface area contributed by atoms with Gasteiger partial charge in [-0.05, 0) is 43.2 Å². The SMILES string of the molecule is CCC(=O)N(c1ccccc1)C1(C(=O)OC)CCN(CC(=O)c2ccc3[nH]c(=O)oc3c2)CC1. The minimum Gasteiger partial charge on any atom is -0.467 e. The lowest BCUT2D eigenvalue weighted by Gasteiger charge is -2.46. The summed E-state index contributed by atoms with van der Waals surface area (Å²) in [4.78, 5) is 56.4. The van der Waals surface area contributed by atoms with Crippen molar-refractivity contribution in [3.8, 4) is 0 Å². The molecule has 9 heteroatoms. The molecule has 2 aromatic carbocycles. The molecule has 0 radical (unpaired) electrons. The van der Waals surface area contributed by atoms with E-state index in [9.17, 15) is 19.2 Å². The van der Waals surface area contributed by atoms with Gasteiger partial charge < -0.3 is 9.15 Å². The number of aromatic amines is 1. The third-order valence-electron chi connectivity index (χ3n) is 6.35. The van der Waals surface area contributed by atoms with Gasteiger partial charge in [0.2, 0.25) is 5.91 Å². The van der Waals surface area contributed by atoms with Crippen molar-refractivity contribution in [2.24, 2.45) is 0 Å². The van der Waals surface area contributed by atoms with E-state index in [1.807, 2.05) is 35.2 Å². The average Bonchev–Trinajstić information content (AvgIpc) is 3.24. The fourth-order valence-electron chi connectivity index (χ4n) is 4.57. The number of ether oxygens (including phenoxy) is 1. The van der Waals surface area contributed by atoms with Gasteiger partial charge in [-0.2, -0.15) is 0 Å². The molecule has 0 aliphatic carbocycles. The van der Waals surface area contributed by atoms with E-state index in [1.165, 1.54) is 7.11 Å². The van der Waals surface area contributed by atoms with Crippen molar-refractivity contribution in [2.45, 2.75) is 31.7 Å². The number of aromatic nitrogens is 1. The summed E-state index contributed by atoms with van der Waals surface area (Å²) in [5.74, 6) is -1.32. The van der Waals surface area contributed by atoms with Gasteiger partial charge in [0, 0.05) is 30.8 Å². The highest BCUT2D eigenvalue weighted by atomic mass is 16.5. The van der Waals surface area contributed by atoms with Crippen molar-refractivity contribution in [1.82, 2.24) is 9.88 Å². The summed E-state index contributed by atoms with van der Waals surface area (Å²) in [6, 6.07) is 14.0. The molecule has 4 rings (SSSR count). The molecule has 0 bridgehead atoms. The van der Waals surface area contributed by atoms with Crippen LogP contribution in [0.1, 0.15) is 36.5 Å². The summed E-state index contributed by atoms with van der Waals surface area (Å²) < 4.78 is 10.2. The number of carbonyl (C=O) groups excluding carboxylic acids is 3. The Morgan fingerprint density at radius 1 is 1.12 bits per heavy atom. The number of H-pyrrole nitrogens is 1. The predicted octanol–water partition coefficient (Wildman–Crippen LogP) is 2.75. The van der Waals surface area contributed by atoms with Gasteiger partial charge in [-0.3, -0.25) is 24.4 Å². The van der Waals surface area contributed by atoms with Gasteiger partial charge in [0.05, 0.1) is 19.2 Å². The minimum atomic E-state index is -1.14. The van der Waals surface area contributed by atoms with Gasteiger partial charge in [0.25, 0.3) is 0 Å². The van der Waals surface area contributed by atoms with Gasteiger partial charge in [-0.1, -0.05) is 25.1 Å². The normalized spacial score (nSPS) is 15.7. The van der Waals surface area contributed by atoms with Crippen LogP contribution in [0, 0.1) is 0 Å². The molecule has 0 unspecified atom stereocenters. The average molecular weight is 466 g/mol. The number of rotatable bonds is 7. The van der Waals surface area contributed by atoms with Gasteiger partial charge in [-0.15, -0.1) is 0 Å². The van der Waals surface area contributed by atoms with E-state index in [4.69, 9.17) is 9.15 Å². The Balaban J connectivity index is 1.53. The molecule has 1 fully saturated rings. The van der Waals surface area contributed by atoms with Crippen LogP contribution in [0.15, 0.2) is 57.7 Å². The van der Waals surface area contributed by atoms with Crippen LogP contribution in [-0.4, -0.2) is 59.8 Å². The number of amides is 1. The van der Waals surface area contributed by atoms with E-state index in [2.05, 4.69) is 4.98 Å². The maximum absolute atomic E-state index is 13.1. The number of benzene rings is 2. The minimum absolute atomic E-state index is 0.124. The zero-order valence-corrected chi connectivity index (χ0v) is 19.2. The Morgan fingerprint density at radius 2 is 1.82 bits per heavy atom. The first-order valence-electron chi connectivity index (χ1n) is 11.2. The summed E-state index contributed by atoms with van der Waals surface area (Å²) in [7, 11) is 1.33. The second-order valence-corrected chi connectivity index (χ2v) is 8.37. The fraction of sp³-hybridized carbons (Fsp3) is 0.360. The van der Waals surface area contributed by atoms with Crippen LogP contribution < -0.4 is 10.7 Å². The van der Waals surface area contributed by atoms with Gasteiger partial charge in [0.1, 0.15) is 5.54 Å². The Bertz CT molecular complexity index is 1250. The summed E-state index contributed by atoms with van der Waals surface area (Å²) >= 11 is 0. The predicted molar refractivity (Wildman–Crippen MR) is 126 cm³/mol. The Kier molecular flexibility index (Phi) is 6.65. The van der Waals surface area contributed by atoms with Gasteiger partial charge in [-0.25, -0.2) is 9.59 Å². The number of likely N-dealkylation sites (tertiary alicyclic amines) is 1. The number of nitrogens with one attached hydrogen (secondary N) is 1. The second kappa shape index (κ2) is 9.64. The topological polar surface area (TPSA) is 113 Å². The lowest BCUT2D eigenvalue weighted by molar-refractivity contribution is -0.150. The van der Waals surface area contributed by atoms with Crippen LogP contribution in [0.5, 0.6) is 0 Å². The largest absolute Gasteiger partial charge is 0.467 e. The lowest BCUT2D eigenvalue weighted by Crippen LogP contribution is -2.63. The smallest absolute Gasteiger partial charge is 0.417 e. The fourth-order valence-corrected chi connectivity index (χ4v) is 4.57. The van der Waals surface area contributed by atoms with Crippen molar-refractivity contribution in [3.05, 3.63) is 64.6 Å². The van der Waals surface area contributed by atoms with Crippen LogP contribution in [0.3, 0.4) is 0 Å². The highest BCUT2D eigenvalue weighted by Crippen LogP contribution is 2.35. The van der Waals surface area contributed by atoms with E-state index >= 15 is 0 Å². The summed E-state index contributed by atoms with van der Waals surface area (Å²) in [5.41, 5.74) is 0.799. The Hall–Kier alpha value is -3.72. The van der Waals surface area contributed by atoms with E-state index in [1.54, 1.807) is 30.0 Å². The number of hydrogen-bond acceptors (Lipinski definition) is 7. The van der Waals surface area contributed by atoms with Gasteiger partial charge in [0.15, 0.2) is 11.4 Å².